The number of unbranched alkanes of at least 4 members (excludes halogenated alkanes) is 2. The Morgan fingerprint density at radius 1 is 1.25 bits per heavy atom. The number of hydrogen-bond acceptors (Lipinski definition) is 2. The molecule has 0 aromatic rings. The van der Waals surface area contributed by atoms with Gasteiger partial charge in [-0.3, -0.25) is 0 Å². The molecule has 3 nitrogen and oxygen atoms in total. The zero-order chi connectivity index (χ0) is 8.10. The molecular formula is C9H20N2O. The minimum absolute atomic E-state index is 0. The smallest absolute Gasteiger partial charge is 0.0890 e. The van der Waals surface area contributed by atoms with E-state index in [-0.39, 0.29) is 5.48 Å². The summed E-state index contributed by atoms with van der Waals surface area (Å²) < 4.78 is 0. The van der Waals surface area contributed by atoms with Crippen LogP contribution in [0.4, 0.5) is 0 Å². The molecule has 1 heterocycles. The van der Waals surface area contributed by atoms with Crippen LogP contribution in [0.3, 0.4) is 0 Å². The number of hydrogen-bond donors (Lipinski definition) is 0. The first kappa shape index (κ1) is 11.3. The molecule has 1 rings (SSSR count). The largest absolute Gasteiger partial charge is 0.412 e. The standard InChI is InChI=1S/C9H18N2.H2O/c1-3-4-5-6-11-8-7-10(2)9-11;/h7-8H,3-6,9H2,1-2H3;1H2. The van der Waals surface area contributed by atoms with Gasteiger partial charge in [0.25, 0.3) is 0 Å². The lowest BCUT2D eigenvalue weighted by Crippen LogP contribution is -2.23. The Balaban J connectivity index is 0.00000121. The number of rotatable bonds is 4. The third-order valence-electron chi connectivity index (χ3n) is 1.99. The number of nitrogens with zero attached hydrogens (tertiary/aromatic N) is 2. The maximum absolute atomic E-state index is 2.36. The van der Waals surface area contributed by atoms with Crippen molar-refractivity contribution in [1.82, 2.24) is 9.80 Å². The van der Waals surface area contributed by atoms with E-state index in [1.54, 1.807) is 0 Å². The fourth-order valence-corrected chi connectivity index (χ4v) is 1.30. The van der Waals surface area contributed by atoms with Gasteiger partial charge in [-0.15, -0.1) is 0 Å². The lowest BCUT2D eigenvalue weighted by Gasteiger charge is -2.17. The van der Waals surface area contributed by atoms with Crippen LogP contribution in [0.2, 0.25) is 0 Å². The SMILES string of the molecule is CCCCCN1C=CN(C)C1.O. The zero-order valence-electron chi connectivity index (χ0n) is 8.08. The van der Waals surface area contributed by atoms with Crippen LogP contribution in [0.25, 0.3) is 0 Å². The predicted molar refractivity (Wildman–Crippen MR) is 51.6 cm³/mol. The molecule has 0 atom stereocenters. The summed E-state index contributed by atoms with van der Waals surface area (Å²) in [4.78, 5) is 4.56. The monoisotopic (exact) mass is 172 g/mol. The summed E-state index contributed by atoms with van der Waals surface area (Å²) in [5.74, 6) is 0. The molecular weight excluding hydrogens is 152 g/mol. The molecule has 0 spiro atoms. The molecule has 1 aliphatic heterocycles. The normalized spacial score (nSPS) is 15.2. The summed E-state index contributed by atoms with van der Waals surface area (Å²) in [5.41, 5.74) is 0. The third-order valence-corrected chi connectivity index (χ3v) is 1.99. The van der Waals surface area contributed by atoms with Crippen LogP contribution in [0.15, 0.2) is 12.4 Å². The highest BCUT2D eigenvalue weighted by molar-refractivity contribution is 4.88. The Morgan fingerprint density at radius 3 is 2.50 bits per heavy atom. The van der Waals surface area contributed by atoms with Crippen LogP contribution in [-0.4, -0.2) is 35.5 Å². The van der Waals surface area contributed by atoms with Gasteiger partial charge < -0.3 is 15.3 Å². The van der Waals surface area contributed by atoms with Crippen LogP contribution in [0.1, 0.15) is 26.2 Å². The molecule has 0 aromatic carbocycles. The maximum Gasteiger partial charge on any atom is 0.0890 e. The highest BCUT2D eigenvalue weighted by atomic mass is 16.0. The zero-order valence-corrected chi connectivity index (χ0v) is 8.08. The first-order valence-electron chi connectivity index (χ1n) is 4.45. The van der Waals surface area contributed by atoms with Crippen molar-refractivity contribution < 1.29 is 5.48 Å². The van der Waals surface area contributed by atoms with E-state index in [0.29, 0.717) is 0 Å². The highest BCUT2D eigenvalue weighted by Crippen LogP contribution is 2.05. The van der Waals surface area contributed by atoms with E-state index < -0.39 is 0 Å². The molecule has 3 heteroatoms. The molecule has 0 aliphatic carbocycles. The van der Waals surface area contributed by atoms with Gasteiger partial charge in [0.1, 0.15) is 0 Å². The van der Waals surface area contributed by atoms with E-state index >= 15 is 0 Å². The fraction of sp³-hybridized carbons (Fsp3) is 0.778. The van der Waals surface area contributed by atoms with Gasteiger partial charge in [0.15, 0.2) is 0 Å². The summed E-state index contributed by atoms with van der Waals surface area (Å²) in [7, 11) is 2.11. The van der Waals surface area contributed by atoms with E-state index in [1.807, 2.05) is 0 Å². The van der Waals surface area contributed by atoms with Crippen molar-refractivity contribution in [2.24, 2.45) is 0 Å². The first-order chi connectivity index (χ1) is 5.33. The summed E-state index contributed by atoms with van der Waals surface area (Å²) in [6, 6.07) is 0. The first-order valence-corrected chi connectivity index (χ1v) is 4.45. The van der Waals surface area contributed by atoms with Crippen molar-refractivity contribution in [2.45, 2.75) is 26.2 Å². The maximum atomic E-state index is 2.36. The van der Waals surface area contributed by atoms with Crippen LogP contribution in [0, 0.1) is 0 Å². The van der Waals surface area contributed by atoms with Crippen molar-refractivity contribution in [3.8, 4) is 0 Å². The lowest BCUT2D eigenvalue weighted by molar-refractivity contribution is 0.291. The van der Waals surface area contributed by atoms with Gasteiger partial charge in [0.2, 0.25) is 0 Å². The molecule has 12 heavy (non-hydrogen) atoms. The van der Waals surface area contributed by atoms with E-state index in [0.717, 1.165) is 6.67 Å². The molecule has 1 aliphatic rings. The average Bonchev–Trinajstić information content (AvgIpc) is 2.37. The minimum Gasteiger partial charge on any atom is -0.412 e. The summed E-state index contributed by atoms with van der Waals surface area (Å²) in [6.07, 6.45) is 8.30. The van der Waals surface area contributed by atoms with Gasteiger partial charge in [0, 0.05) is 26.0 Å². The molecule has 0 saturated heterocycles. The third kappa shape index (κ3) is 3.62. The van der Waals surface area contributed by atoms with Crippen molar-refractivity contribution >= 4 is 0 Å². The minimum atomic E-state index is 0. The van der Waals surface area contributed by atoms with Gasteiger partial charge in [-0.2, -0.15) is 0 Å². The Kier molecular flexibility index (Phi) is 5.54. The van der Waals surface area contributed by atoms with Gasteiger partial charge in [-0.05, 0) is 6.42 Å². The second-order valence-electron chi connectivity index (χ2n) is 3.22. The molecule has 0 amide bonds. The van der Waals surface area contributed by atoms with Crippen molar-refractivity contribution in [3.63, 3.8) is 0 Å². The van der Waals surface area contributed by atoms with E-state index in [4.69, 9.17) is 0 Å². The van der Waals surface area contributed by atoms with Crippen molar-refractivity contribution in [1.29, 1.82) is 0 Å². The molecule has 72 valence electrons. The second-order valence-corrected chi connectivity index (χ2v) is 3.22. The van der Waals surface area contributed by atoms with Gasteiger partial charge >= 0.3 is 0 Å². The molecule has 2 N–H and O–H groups in total. The van der Waals surface area contributed by atoms with Gasteiger partial charge in [0.05, 0.1) is 6.67 Å². The van der Waals surface area contributed by atoms with Crippen LogP contribution < -0.4 is 0 Å². The van der Waals surface area contributed by atoms with Crippen LogP contribution in [-0.2, 0) is 0 Å². The van der Waals surface area contributed by atoms with Crippen molar-refractivity contribution in [2.75, 3.05) is 20.3 Å². The fourth-order valence-electron chi connectivity index (χ4n) is 1.30. The molecule has 0 unspecified atom stereocenters. The van der Waals surface area contributed by atoms with E-state index in [9.17, 15) is 0 Å². The Labute approximate surface area is 75.0 Å². The van der Waals surface area contributed by atoms with Crippen LogP contribution in [0.5, 0.6) is 0 Å². The Bertz CT molecular complexity index is 136. The van der Waals surface area contributed by atoms with E-state index in [1.165, 1.54) is 25.8 Å². The molecule has 0 bridgehead atoms. The topological polar surface area (TPSA) is 38.0 Å². The summed E-state index contributed by atoms with van der Waals surface area (Å²) >= 11 is 0. The van der Waals surface area contributed by atoms with E-state index in [2.05, 4.69) is 36.2 Å². The Morgan fingerprint density at radius 2 is 2.00 bits per heavy atom. The van der Waals surface area contributed by atoms with Crippen LogP contribution >= 0.6 is 0 Å². The molecule has 0 fully saturated rings. The quantitative estimate of drug-likeness (QED) is 0.594. The predicted octanol–water partition coefficient (Wildman–Crippen LogP) is 1.03. The Hall–Kier alpha value is -0.700. The van der Waals surface area contributed by atoms with Gasteiger partial charge in [-0.1, -0.05) is 19.8 Å². The second kappa shape index (κ2) is 5.89. The molecule has 0 radical (unpaired) electrons. The molecule has 0 saturated carbocycles. The lowest BCUT2D eigenvalue weighted by atomic mass is 10.2. The summed E-state index contributed by atoms with van der Waals surface area (Å²) in [5, 5.41) is 0. The molecule has 0 aromatic heterocycles. The average molecular weight is 172 g/mol. The summed E-state index contributed by atoms with van der Waals surface area (Å²) in [6.45, 7) is 4.53. The van der Waals surface area contributed by atoms with Gasteiger partial charge in [-0.25, -0.2) is 0 Å². The highest BCUT2D eigenvalue weighted by Gasteiger charge is 2.06. The van der Waals surface area contributed by atoms with Crippen molar-refractivity contribution in [3.05, 3.63) is 12.4 Å².